The largest absolute Gasteiger partial charge is 0.481 e. The summed E-state index contributed by atoms with van der Waals surface area (Å²) in [7, 11) is 1.56. The average Bonchev–Trinajstić information content (AvgIpc) is 2.49. The minimum Gasteiger partial charge on any atom is -0.481 e. The predicted octanol–water partition coefficient (Wildman–Crippen LogP) is 4.39. The van der Waals surface area contributed by atoms with Crippen LogP contribution in [0.25, 0.3) is 0 Å². The van der Waals surface area contributed by atoms with Gasteiger partial charge in [0.25, 0.3) is 0 Å². The number of pyridine rings is 1. The fourth-order valence-corrected chi connectivity index (χ4v) is 2.68. The third-order valence-electron chi connectivity index (χ3n) is 3.13. The Morgan fingerprint density at radius 2 is 2.10 bits per heavy atom. The summed E-state index contributed by atoms with van der Waals surface area (Å²) in [6.07, 6.45) is 1.67. The highest BCUT2D eigenvalue weighted by Crippen LogP contribution is 2.32. The molecule has 2 aromatic rings. The number of nitrogens with zero attached hydrogens (tertiary/aromatic N) is 1. The molecule has 3 nitrogen and oxygen atoms in total. The van der Waals surface area contributed by atoms with Crippen LogP contribution in [0.1, 0.15) is 24.1 Å². The Bertz CT molecular complexity index is 637. The number of ether oxygens (including phenoxy) is 1. The van der Waals surface area contributed by atoms with Gasteiger partial charge in [0.2, 0.25) is 5.88 Å². The zero-order valence-electron chi connectivity index (χ0n) is 11.7. The highest BCUT2D eigenvalue weighted by atomic mass is 35.5. The maximum absolute atomic E-state index is 13.5. The molecular weight excluding hydrogens is 314 g/mol. The van der Waals surface area contributed by atoms with Gasteiger partial charge >= 0.3 is 0 Å². The Morgan fingerprint density at radius 3 is 2.81 bits per heavy atom. The number of rotatable bonds is 5. The molecule has 1 atom stereocenters. The smallest absolute Gasteiger partial charge is 0.213 e. The minimum absolute atomic E-state index is 0.0507. The Morgan fingerprint density at radius 1 is 1.33 bits per heavy atom. The maximum atomic E-state index is 13.5. The van der Waals surface area contributed by atoms with Crippen LogP contribution >= 0.6 is 23.2 Å². The molecule has 0 bridgehead atoms. The highest BCUT2D eigenvalue weighted by Gasteiger charge is 2.16. The Kier molecular flexibility index (Phi) is 5.39. The fraction of sp³-hybridized carbons (Fsp3) is 0.267. The summed E-state index contributed by atoms with van der Waals surface area (Å²) in [6, 6.07) is 6.27. The number of aromatic nitrogens is 1. The Balaban J connectivity index is 2.11. The average molecular weight is 329 g/mol. The van der Waals surface area contributed by atoms with E-state index in [1.165, 1.54) is 12.1 Å². The standard InChI is InChI=1S/C15H15Cl2FN2O/c1-9(14-11(16)3-4-12(18)15(14)17)20-8-10-5-6-19-13(7-10)21-2/h3-7,9,20H,8H2,1-2H3. The molecule has 0 radical (unpaired) electrons. The molecule has 0 aliphatic rings. The van der Waals surface area contributed by atoms with E-state index in [0.29, 0.717) is 23.0 Å². The topological polar surface area (TPSA) is 34.1 Å². The highest BCUT2D eigenvalue weighted by molar-refractivity contribution is 6.36. The molecule has 0 amide bonds. The molecule has 2 rings (SSSR count). The maximum Gasteiger partial charge on any atom is 0.213 e. The van der Waals surface area contributed by atoms with Crippen LogP contribution in [0.15, 0.2) is 30.5 Å². The van der Waals surface area contributed by atoms with Crippen molar-refractivity contribution in [2.75, 3.05) is 7.11 Å². The molecule has 1 unspecified atom stereocenters. The molecule has 0 aliphatic carbocycles. The molecule has 1 N–H and O–H groups in total. The molecule has 0 saturated heterocycles. The van der Waals surface area contributed by atoms with Crippen LogP contribution in [0.4, 0.5) is 4.39 Å². The number of benzene rings is 1. The van der Waals surface area contributed by atoms with Gasteiger partial charge in [0.05, 0.1) is 12.1 Å². The number of halogens is 3. The third kappa shape index (κ3) is 3.84. The van der Waals surface area contributed by atoms with Crippen molar-refractivity contribution in [1.82, 2.24) is 10.3 Å². The fourth-order valence-electron chi connectivity index (χ4n) is 1.98. The van der Waals surface area contributed by atoms with E-state index in [9.17, 15) is 4.39 Å². The van der Waals surface area contributed by atoms with Crippen molar-refractivity contribution in [3.05, 3.63) is 57.5 Å². The molecule has 0 aliphatic heterocycles. The minimum atomic E-state index is -0.477. The number of hydrogen-bond acceptors (Lipinski definition) is 3. The second-order valence-corrected chi connectivity index (χ2v) is 5.35. The van der Waals surface area contributed by atoms with Crippen molar-refractivity contribution in [2.24, 2.45) is 0 Å². The zero-order valence-corrected chi connectivity index (χ0v) is 13.2. The van der Waals surface area contributed by atoms with Crippen molar-refractivity contribution < 1.29 is 9.13 Å². The summed E-state index contributed by atoms with van der Waals surface area (Å²) < 4.78 is 18.6. The van der Waals surface area contributed by atoms with Crippen molar-refractivity contribution >= 4 is 23.2 Å². The molecule has 6 heteroatoms. The quantitative estimate of drug-likeness (QED) is 0.826. The van der Waals surface area contributed by atoms with Crippen molar-refractivity contribution in [3.63, 3.8) is 0 Å². The van der Waals surface area contributed by atoms with Crippen LogP contribution in [-0.2, 0) is 6.54 Å². The van der Waals surface area contributed by atoms with Gasteiger partial charge in [0, 0.05) is 35.4 Å². The van der Waals surface area contributed by atoms with E-state index < -0.39 is 5.82 Å². The van der Waals surface area contributed by atoms with Crippen LogP contribution in [0.5, 0.6) is 5.88 Å². The Labute approximate surface area is 133 Å². The van der Waals surface area contributed by atoms with E-state index in [-0.39, 0.29) is 11.1 Å². The van der Waals surface area contributed by atoms with Crippen molar-refractivity contribution in [1.29, 1.82) is 0 Å². The van der Waals surface area contributed by atoms with Crippen LogP contribution < -0.4 is 10.1 Å². The van der Waals surface area contributed by atoms with E-state index in [2.05, 4.69) is 10.3 Å². The second-order valence-electron chi connectivity index (χ2n) is 4.57. The van der Waals surface area contributed by atoms with Gasteiger partial charge in [-0.1, -0.05) is 23.2 Å². The lowest BCUT2D eigenvalue weighted by Crippen LogP contribution is -2.19. The van der Waals surface area contributed by atoms with E-state index in [0.717, 1.165) is 5.56 Å². The molecule has 1 heterocycles. The molecular formula is C15H15Cl2FN2O. The summed E-state index contributed by atoms with van der Waals surface area (Å²) >= 11 is 12.1. The number of nitrogens with one attached hydrogen (secondary N) is 1. The number of methoxy groups -OCH3 is 1. The lowest BCUT2D eigenvalue weighted by molar-refractivity contribution is 0.397. The number of hydrogen-bond donors (Lipinski definition) is 1. The van der Waals surface area contributed by atoms with E-state index in [1.54, 1.807) is 13.3 Å². The first-order valence-electron chi connectivity index (χ1n) is 6.38. The molecule has 0 saturated carbocycles. The lowest BCUT2D eigenvalue weighted by Gasteiger charge is -2.17. The van der Waals surface area contributed by atoms with Crippen molar-refractivity contribution in [3.8, 4) is 5.88 Å². The predicted molar refractivity (Wildman–Crippen MR) is 82.5 cm³/mol. The monoisotopic (exact) mass is 328 g/mol. The van der Waals surface area contributed by atoms with Crippen LogP contribution in [0.2, 0.25) is 10.0 Å². The van der Waals surface area contributed by atoms with Crippen LogP contribution in [0, 0.1) is 5.82 Å². The summed E-state index contributed by atoms with van der Waals surface area (Å²) in [5, 5.41) is 3.75. The SMILES string of the molecule is COc1cc(CNC(C)c2c(Cl)ccc(F)c2Cl)ccn1. The van der Waals surface area contributed by atoms with Gasteiger partial charge in [-0.3, -0.25) is 0 Å². The lowest BCUT2D eigenvalue weighted by atomic mass is 10.1. The molecule has 112 valence electrons. The van der Waals surface area contributed by atoms with E-state index >= 15 is 0 Å². The first-order valence-corrected chi connectivity index (χ1v) is 7.14. The van der Waals surface area contributed by atoms with E-state index in [1.807, 2.05) is 19.1 Å². The van der Waals surface area contributed by atoms with Gasteiger partial charge in [-0.15, -0.1) is 0 Å². The summed E-state index contributed by atoms with van der Waals surface area (Å²) in [5.74, 6) is 0.0686. The van der Waals surface area contributed by atoms with Gasteiger partial charge in [0.15, 0.2) is 0 Å². The van der Waals surface area contributed by atoms with Gasteiger partial charge in [-0.05, 0) is 30.7 Å². The first-order chi connectivity index (χ1) is 10.0. The zero-order chi connectivity index (χ0) is 15.4. The summed E-state index contributed by atoms with van der Waals surface area (Å²) in [4.78, 5) is 4.04. The van der Waals surface area contributed by atoms with Gasteiger partial charge in [0.1, 0.15) is 5.82 Å². The normalized spacial score (nSPS) is 12.2. The van der Waals surface area contributed by atoms with Gasteiger partial charge < -0.3 is 10.1 Å². The molecule has 1 aromatic heterocycles. The van der Waals surface area contributed by atoms with Crippen LogP contribution in [-0.4, -0.2) is 12.1 Å². The van der Waals surface area contributed by atoms with Gasteiger partial charge in [-0.2, -0.15) is 0 Å². The molecule has 1 aromatic carbocycles. The molecule has 0 fully saturated rings. The first kappa shape index (κ1) is 16.0. The molecule has 0 spiro atoms. The van der Waals surface area contributed by atoms with E-state index in [4.69, 9.17) is 27.9 Å². The second kappa shape index (κ2) is 7.07. The molecule has 21 heavy (non-hydrogen) atoms. The van der Waals surface area contributed by atoms with Gasteiger partial charge in [-0.25, -0.2) is 9.37 Å². The summed E-state index contributed by atoms with van der Waals surface area (Å²) in [5.41, 5.74) is 1.55. The third-order valence-corrected chi connectivity index (χ3v) is 3.85. The van der Waals surface area contributed by atoms with Crippen LogP contribution in [0.3, 0.4) is 0 Å². The summed E-state index contributed by atoms with van der Waals surface area (Å²) in [6.45, 7) is 2.44. The Hall–Kier alpha value is -1.36. The van der Waals surface area contributed by atoms with Crippen molar-refractivity contribution in [2.45, 2.75) is 19.5 Å².